The van der Waals surface area contributed by atoms with Crippen LogP contribution in [-0.4, -0.2) is 34.3 Å². The van der Waals surface area contributed by atoms with E-state index in [1.165, 1.54) is 30.9 Å². The number of esters is 1. The van der Waals surface area contributed by atoms with Gasteiger partial charge in [-0.15, -0.1) is 0 Å². The monoisotopic (exact) mass is 484 g/mol. The molecule has 6 rings (SSSR count). The Kier molecular flexibility index (Phi) is 5.36. The molecule has 0 aliphatic carbocycles. The number of phenolic OH excluding ortho intramolecular Hbond substituents is 2. The first kappa shape index (κ1) is 22.2. The largest absolute Gasteiger partial charge is 0.508 e. The predicted octanol–water partition coefficient (Wildman–Crippen LogP) is 4.70. The van der Waals surface area contributed by atoms with Gasteiger partial charge in [0.05, 0.1) is 12.0 Å². The summed E-state index contributed by atoms with van der Waals surface area (Å²) < 4.78 is 11.5. The van der Waals surface area contributed by atoms with Gasteiger partial charge in [-0.3, -0.25) is 9.59 Å². The number of ether oxygens (including phenoxy) is 1. The van der Waals surface area contributed by atoms with Gasteiger partial charge in [0.25, 0.3) is 0 Å². The van der Waals surface area contributed by atoms with Crippen LogP contribution in [0.2, 0.25) is 0 Å². The van der Waals surface area contributed by atoms with E-state index in [4.69, 9.17) is 9.15 Å². The summed E-state index contributed by atoms with van der Waals surface area (Å²) in [5.41, 5.74) is 1.96. The van der Waals surface area contributed by atoms with Crippen LogP contribution in [0.4, 0.5) is 5.82 Å². The third kappa shape index (κ3) is 3.66. The zero-order chi connectivity index (χ0) is 24.8. The zero-order valence-electron chi connectivity index (χ0n) is 19.4. The molecule has 1 fully saturated rings. The number of benzene rings is 2. The summed E-state index contributed by atoms with van der Waals surface area (Å²) in [5, 5.41) is 20.4. The van der Waals surface area contributed by atoms with E-state index < -0.39 is 17.3 Å². The molecule has 182 valence electrons. The average Bonchev–Trinajstić information content (AvgIpc) is 2.89. The molecule has 2 aliphatic heterocycles. The second-order valence-corrected chi connectivity index (χ2v) is 9.23. The summed E-state index contributed by atoms with van der Waals surface area (Å²) in [4.78, 5) is 33.1. The summed E-state index contributed by atoms with van der Waals surface area (Å²) in [7, 11) is 0. The molecule has 0 spiro atoms. The van der Waals surface area contributed by atoms with Gasteiger partial charge in [0.1, 0.15) is 40.3 Å². The molecule has 0 bridgehead atoms. The van der Waals surface area contributed by atoms with Crippen molar-refractivity contribution in [2.75, 3.05) is 18.0 Å². The van der Waals surface area contributed by atoms with Crippen LogP contribution in [-0.2, 0) is 4.79 Å². The molecule has 8 heteroatoms. The Labute approximate surface area is 206 Å². The lowest BCUT2D eigenvalue weighted by atomic mass is 9.84. The highest BCUT2D eigenvalue weighted by Crippen LogP contribution is 2.47. The highest BCUT2D eigenvalue weighted by atomic mass is 16.5. The van der Waals surface area contributed by atoms with E-state index in [0.717, 1.165) is 37.3 Å². The number of anilines is 1. The van der Waals surface area contributed by atoms with Gasteiger partial charge in [-0.25, -0.2) is 4.98 Å². The van der Waals surface area contributed by atoms with Crippen molar-refractivity contribution >= 4 is 22.8 Å². The van der Waals surface area contributed by atoms with Crippen LogP contribution in [0.25, 0.3) is 22.1 Å². The van der Waals surface area contributed by atoms with Gasteiger partial charge in [0.2, 0.25) is 5.43 Å². The van der Waals surface area contributed by atoms with Crippen molar-refractivity contribution in [3.8, 4) is 28.4 Å². The molecule has 0 amide bonds. The van der Waals surface area contributed by atoms with Gasteiger partial charge < -0.3 is 24.3 Å². The summed E-state index contributed by atoms with van der Waals surface area (Å²) in [6, 6.07) is 11.3. The lowest BCUT2D eigenvalue weighted by Crippen LogP contribution is -2.32. The number of aromatic nitrogens is 1. The first-order valence-corrected chi connectivity index (χ1v) is 12.0. The number of aromatic hydroxyl groups is 2. The first-order valence-electron chi connectivity index (χ1n) is 12.0. The van der Waals surface area contributed by atoms with E-state index in [2.05, 4.69) is 9.88 Å². The second-order valence-electron chi connectivity index (χ2n) is 9.23. The SMILES string of the molecule is O=C1C[C@H](c2cccnc2N2CCCCC2)c2c(cc(O)c3c(=O)c(-c4ccc(O)cc4)coc23)O1. The van der Waals surface area contributed by atoms with E-state index >= 15 is 0 Å². The van der Waals surface area contributed by atoms with E-state index in [1.54, 1.807) is 18.3 Å². The lowest BCUT2D eigenvalue weighted by Gasteiger charge is -2.32. The van der Waals surface area contributed by atoms with Gasteiger partial charge in [-0.2, -0.15) is 0 Å². The average molecular weight is 485 g/mol. The third-order valence-electron chi connectivity index (χ3n) is 7.00. The fourth-order valence-corrected chi connectivity index (χ4v) is 5.29. The molecule has 0 saturated carbocycles. The van der Waals surface area contributed by atoms with Crippen LogP contribution in [0.15, 0.2) is 64.1 Å². The Morgan fingerprint density at radius 3 is 2.56 bits per heavy atom. The summed E-state index contributed by atoms with van der Waals surface area (Å²) in [5.74, 6) is -0.150. The maximum absolute atomic E-state index is 13.5. The highest BCUT2D eigenvalue weighted by molar-refractivity contribution is 5.94. The maximum atomic E-state index is 13.5. The van der Waals surface area contributed by atoms with Gasteiger partial charge in [-0.1, -0.05) is 18.2 Å². The Hall–Kier alpha value is -4.33. The molecule has 1 saturated heterocycles. The fourth-order valence-electron chi connectivity index (χ4n) is 5.29. The molecule has 8 nitrogen and oxygen atoms in total. The van der Waals surface area contributed by atoms with Gasteiger partial charge >= 0.3 is 5.97 Å². The Morgan fingerprint density at radius 1 is 1.00 bits per heavy atom. The smallest absolute Gasteiger partial charge is 0.312 e. The quantitative estimate of drug-likeness (QED) is 0.318. The molecule has 0 unspecified atom stereocenters. The molecule has 4 heterocycles. The highest BCUT2D eigenvalue weighted by Gasteiger charge is 2.36. The molecular formula is C28H24N2O6. The number of phenols is 2. The number of fused-ring (bicyclic) bond motifs is 3. The van der Waals surface area contributed by atoms with Crippen molar-refractivity contribution in [3.05, 3.63) is 76.3 Å². The number of rotatable bonds is 3. The summed E-state index contributed by atoms with van der Waals surface area (Å²) in [6.45, 7) is 1.77. The van der Waals surface area contributed by atoms with Crippen LogP contribution in [0.5, 0.6) is 17.2 Å². The topological polar surface area (TPSA) is 113 Å². The zero-order valence-corrected chi connectivity index (χ0v) is 19.4. The molecule has 0 radical (unpaired) electrons. The van der Waals surface area contributed by atoms with Crippen LogP contribution in [0, 0.1) is 0 Å². The van der Waals surface area contributed by atoms with Crippen molar-refractivity contribution < 1.29 is 24.2 Å². The van der Waals surface area contributed by atoms with Crippen LogP contribution >= 0.6 is 0 Å². The number of carbonyl (C=O) groups excluding carboxylic acids is 1. The fraction of sp³-hybridized carbons (Fsp3) is 0.250. The second kappa shape index (κ2) is 8.71. The van der Waals surface area contributed by atoms with Crippen molar-refractivity contribution in [1.29, 1.82) is 0 Å². The number of piperidine rings is 1. The number of hydrogen-bond donors (Lipinski definition) is 2. The van der Waals surface area contributed by atoms with Crippen LogP contribution in [0.3, 0.4) is 0 Å². The Bertz CT molecular complexity index is 1540. The normalized spacial score (nSPS) is 17.6. The summed E-state index contributed by atoms with van der Waals surface area (Å²) >= 11 is 0. The molecular weight excluding hydrogens is 460 g/mol. The standard InChI is InChI=1S/C28H24N2O6/c31-17-8-6-16(7-9-17)20-15-35-27-24-19(13-23(33)36-22(24)14-21(32)25(27)26(20)34)18-5-4-10-29-28(18)30-11-2-1-3-12-30/h4-10,14-15,19,31-32H,1-3,11-13H2/t19-/m1/s1. The van der Waals surface area contributed by atoms with Crippen LogP contribution < -0.4 is 15.1 Å². The molecule has 36 heavy (non-hydrogen) atoms. The number of hydrogen-bond acceptors (Lipinski definition) is 8. The molecule has 2 aromatic carbocycles. The molecule has 2 N–H and O–H groups in total. The minimum absolute atomic E-state index is 0.0192. The number of nitrogens with zero attached hydrogens (tertiary/aromatic N) is 2. The van der Waals surface area contributed by atoms with Crippen molar-refractivity contribution in [1.82, 2.24) is 4.98 Å². The Morgan fingerprint density at radius 2 is 1.78 bits per heavy atom. The van der Waals surface area contributed by atoms with E-state index in [-0.39, 0.29) is 40.2 Å². The predicted molar refractivity (Wildman–Crippen MR) is 134 cm³/mol. The van der Waals surface area contributed by atoms with E-state index in [1.807, 2.05) is 12.1 Å². The number of carbonyl (C=O) groups is 1. The Balaban J connectivity index is 1.56. The van der Waals surface area contributed by atoms with Gasteiger partial charge in [0, 0.05) is 42.4 Å². The lowest BCUT2D eigenvalue weighted by molar-refractivity contribution is -0.135. The molecule has 4 aromatic rings. The van der Waals surface area contributed by atoms with E-state index in [9.17, 15) is 19.8 Å². The minimum Gasteiger partial charge on any atom is -0.508 e. The van der Waals surface area contributed by atoms with Gasteiger partial charge in [0.15, 0.2) is 0 Å². The maximum Gasteiger partial charge on any atom is 0.312 e. The minimum atomic E-state index is -0.461. The summed E-state index contributed by atoms with van der Waals surface area (Å²) in [6.07, 6.45) is 6.47. The van der Waals surface area contributed by atoms with Crippen molar-refractivity contribution in [2.24, 2.45) is 0 Å². The molecule has 1 atom stereocenters. The number of pyridine rings is 1. The molecule has 2 aliphatic rings. The first-order chi connectivity index (χ1) is 17.5. The van der Waals surface area contributed by atoms with Gasteiger partial charge in [-0.05, 0) is 43.0 Å². The van der Waals surface area contributed by atoms with Crippen molar-refractivity contribution in [2.45, 2.75) is 31.6 Å². The van der Waals surface area contributed by atoms with Crippen molar-refractivity contribution in [3.63, 3.8) is 0 Å². The van der Waals surface area contributed by atoms with E-state index in [0.29, 0.717) is 11.1 Å². The molecule has 2 aromatic heterocycles. The third-order valence-corrected chi connectivity index (χ3v) is 7.00. The van der Waals surface area contributed by atoms with Crippen LogP contribution in [0.1, 0.15) is 42.7 Å².